The largest absolute Gasteiger partial charge is 0.481 e. The Kier molecular flexibility index (Phi) is 5.14. The summed E-state index contributed by atoms with van der Waals surface area (Å²) >= 11 is 5.22. The summed E-state index contributed by atoms with van der Waals surface area (Å²) in [5, 5.41) is 11.9. The molecule has 4 nitrogen and oxygen atoms in total. The maximum absolute atomic E-state index is 10.4. The predicted molar refractivity (Wildman–Crippen MR) is 63.4 cm³/mol. The average Bonchev–Trinajstić information content (AvgIpc) is 2.58. The Balaban J connectivity index is 2.13. The van der Waals surface area contributed by atoms with Crippen LogP contribution < -0.4 is 5.32 Å². The molecular formula is C10H18N2O2S. The average molecular weight is 230 g/mol. The fourth-order valence-electron chi connectivity index (χ4n) is 1.67. The first kappa shape index (κ1) is 12.5. The molecule has 1 aliphatic rings. The van der Waals surface area contributed by atoms with Gasteiger partial charge in [0.2, 0.25) is 0 Å². The van der Waals surface area contributed by atoms with E-state index in [1.807, 2.05) is 11.9 Å². The van der Waals surface area contributed by atoms with Crippen molar-refractivity contribution < 1.29 is 9.90 Å². The van der Waals surface area contributed by atoms with Crippen LogP contribution in [0.15, 0.2) is 0 Å². The Morgan fingerprint density at radius 2 is 2.40 bits per heavy atom. The molecule has 0 aromatic rings. The third-order valence-corrected chi connectivity index (χ3v) is 3.15. The molecule has 1 fully saturated rings. The van der Waals surface area contributed by atoms with E-state index in [-0.39, 0.29) is 6.42 Å². The smallest absolute Gasteiger partial charge is 0.304 e. The minimum absolute atomic E-state index is 0.207. The molecule has 0 aromatic heterocycles. The molecular weight excluding hydrogens is 212 g/mol. The summed E-state index contributed by atoms with van der Waals surface area (Å²) in [7, 11) is 1.95. The van der Waals surface area contributed by atoms with Crippen LogP contribution in [0.3, 0.4) is 0 Å². The Labute approximate surface area is 95.6 Å². The lowest BCUT2D eigenvalue weighted by atomic mass is 10.1. The van der Waals surface area contributed by atoms with E-state index < -0.39 is 5.97 Å². The van der Waals surface area contributed by atoms with Gasteiger partial charge in [-0.3, -0.25) is 4.79 Å². The van der Waals surface area contributed by atoms with Gasteiger partial charge in [-0.25, -0.2) is 0 Å². The number of nitrogens with one attached hydrogen (secondary N) is 1. The molecule has 2 N–H and O–H groups in total. The number of thiocarbonyl (C=S) groups is 1. The maximum atomic E-state index is 10.4. The molecule has 1 rings (SSSR count). The van der Waals surface area contributed by atoms with E-state index in [0.29, 0.717) is 12.6 Å². The monoisotopic (exact) mass is 230 g/mol. The molecule has 1 aliphatic heterocycles. The number of hydrogen-bond donors (Lipinski definition) is 2. The van der Waals surface area contributed by atoms with E-state index in [9.17, 15) is 4.79 Å². The highest BCUT2D eigenvalue weighted by atomic mass is 32.1. The third-order valence-electron chi connectivity index (χ3n) is 2.66. The summed E-state index contributed by atoms with van der Waals surface area (Å²) in [6.07, 6.45) is 2.19. The molecule has 1 atom stereocenters. The van der Waals surface area contributed by atoms with Crippen LogP contribution in [0.5, 0.6) is 0 Å². The van der Waals surface area contributed by atoms with E-state index in [1.54, 1.807) is 0 Å². The van der Waals surface area contributed by atoms with Gasteiger partial charge < -0.3 is 15.3 Å². The fraction of sp³-hybridized carbons (Fsp3) is 0.800. The van der Waals surface area contributed by atoms with Gasteiger partial charge in [-0.1, -0.05) is 12.2 Å². The van der Waals surface area contributed by atoms with Gasteiger partial charge in [-0.05, 0) is 26.4 Å². The fourth-order valence-corrected chi connectivity index (χ4v) is 1.97. The number of carbonyl (C=O) groups is 1. The van der Waals surface area contributed by atoms with Gasteiger partial charge >= 0.3 is 5.97 Å². The van der Waals surface area contributed by atoms with Gasteiger partial charge in [0.05, 0.1) is 6.42 Å². The summed E-state index contributed by atoms with van der Waals surface area (Å²) in [6, 6.07) is 0.354. The number of carboxylic acids is 1. The Morgan fingerprint density at radius 1 is 1.67 bits per heavy atom. The Morgan fingerprint density at radius 3 is 2.93 bits per heavy atom. The summed E-state index contributed by atoms with van der Waals surface area (Å²) in [4.78, 5) is 13.5. The van der Waals surface area contributed by atoms with Gasteiger partial charge in [0.1, 0.15) is 0 Å². The lowest BCUT2D eigenvalue weighted by Gasteiger charge is -2.18. The summed E-state index contributed by atoms with van der Waals surface area (Å²) in [6.45, 7) is 2.49. The van der Waals surface area contributed by atoms with Gasteiger partial charge in [0.15, 0.2) is 0 Å². The van der Waals surface area contributed by atoms with Crippen LogP contribution in [-0.4, -0.2) is 53.6 Å². The van der Waals surface area contributed by atoms with Gasteiger partial charge in [-0.15, -0.1) is 0 Å². The van der Waals surface area contributed by atoms with Crippen LogP contribution in [0.2, 0.25) is 0 Å². The first-order chi connectivity index (χ1) is 7.09. The maximum Gasteiger partial charge on any atom is 0.304 e. The number of rotatable bonds is 6. The van der Waals surface area contributed by atoms with E-state index in [1.165, 1.54) is 0 Å². The van der Waals surface area contributed by atoms with Crippen molar-refractivity contribution in [1.29, 1.82) is 0 Å². The zero-order chi connectivity index (χ0) is 11.3. The molecule has 1 unspecified atom stereocenters. The zero-order valence-electron chi connectivity index (χ0n) is 9.03. The lowest BCUT2D eigenvalue weighted by molar-refractivity contribution is -0.137. The Hall–Kier alpha value is -0.520. The molecule has 1 heterocycles. The van der Waals surface area contributed by atoms with Crippen molar-refractivity contribution in [3.8, 4) is 0 Å². The molecule has 0 aromatic carbocycles. The van der Waals surface area contributed by atoms with Crippen molar-refractivity contribution >= 4 is 23.1 Å². The molecule has 0 spiro atoms. The van der Waals surface area contributed by atoms with Crippen LogP contribution in [0.1, 0.15) is 19.3 Å². The van der Waals surface area contributed by atoms with Crippen molar-refractivity contribution in [2.45, 2.75) is 25.3 Å². The minimum Gasteiger partial charge on any atom is -0.481 e. The molecule has 86 valence electrons. The second-order valence-corrected chi connectivity index (χ2v) is 4.48. The summed E-state index contributed by atoms with van der Waals surface area (Å²) < 4.78 is 0. The summed E-state index contributed by atoms with van der Waals surface area (Å²) in [5.41, 5.74) is 0. The van der Waals surface area contributed by atoms with Crippen molar-refractivity contribution in [3.05, 3.63) is 0 Å². The van der Waals surface area contributed by atoms with E-state index >= 15 is 0 Å². The van der Waals surface area contributed by atoms with Crippen LogP contribution in [0.4, 0.5) is 0 Å². The molecule has 0 aliphatic carbocycles. The van der Waals surface area contributed by atoms with Crippen molar-refractivity contribution in [2.75, 3.05) is 26.7 Å². The normalized spacial score (nSPS) is 21.2. The van der Waals surface area contributed by atoms with Crippen LogP contribution in [0.25, 0.3) is 0 Å². The molecule has 5 heteroatoms. The molecule has 0 bridgehead atoms. The minimum atomic E-state index is -0.739. The zero-order valence-corrected chi connectivity index (χ0v) is 9.85. The van der Waals surface area contributed by atoms with E-state index in [4.69, 9.17) is 17.3 Å². The highest BCUT2D eigenvalue weighted by Gasteiger charge is 2.19. The standard InChI is InChI=1S/C10H18N2O2S/c1-12(7-4-10(13)14)6-3-8-9(15)2-5-11-8/h8,11H,2-7H2,1H3,(H,13,14). The molecule has 0 radical (unpaired) electrons. The number of hydrogen-bond acceptors (Lipinski definition) is 4. The van der Waals surface area contributed by atoms with E-state index in [2.05, 4.69) is 5.32 Å². The van der Waals surface area contributed by atoms with Crippen LogP contribution in [0, 0.1) is 0 Å². The first-order valence-corrected chi connectivity index (χ1v) is 5.67. The SMILES string of the molecule is CN(CCC(=O)O)CCC1NCCC1=S. The van der Waals surface area contributed by atoms with Crippen LogP contribution in [-0.2, 0) is 4.79 Å². The lowest BCUT2D eigenvalue weighted by Crippen LogP contribution is -2.32. The molecule has 1 saturated heterocycles. The number of carboxylic acid groups (broad SMARTS) is 1. The molecule has 0 saturated carbocycles. The van der Waals surface area contributed by atoms with Gasteiger partial charge in [-0.2, -0.15) is 0 Å². The third kappa shape index (κ3) is 4.68. The van der Waals surface area contributed by atoms with E-state index in [0.717, 1.165) is 30.8 Å². The first-order valence-electron chi connectivity index (χ1n) is 5.26. The highest BCUT2D eigenvalue weighted by Crippen LogP contribution is 2.07. The highest BCUT2D eigenvalue weighted by molar-refractivity contribution is 7.80. The predicted octanol–water partition coefficient (Wildman–Crippen LogP) is 0.515. The summed E-state index contributed by atoms with van der Waals surface area (Å²) in [5.74, 6) is -0.739. The van der Waals surface area contributed by atoms with Crippen LogP contribution >= 0.6 is 12.2 Å². The Bertz CT molecular complexity index is 246. The van der Waals surface area contributed by atoms with Crippen molar-refractivity contribution in [2.24, 2.45) is 0 Å². The van der Waals surface area contributed by atoms with Gasteiger partial charge in [0.25, 0.3) is 0 Å². The number of nitrogens with zero attached hydrogens (tertiary/aromatic N) is 1. The molecule has 15 heavy (non-hydrogen) atoms. The second kappa shape index (κ2) is 6.15. The van der Waals surface area contributed by atoms with Crippen molar-refractivity contribution in [1.82, 2.24) is 10.2 Å². The topological polar surface area (TPSA) is 52.6 Å². The van der Waals surface area contributed by atoms with Crippen molar-refractivity contribution in [3.63, 3.8) is 0 Å². The number of aliphatic carboxylic acids is 1. The second-order valence-electron chi connectivity index (χ2n) is 3.96. The molecule has 0 amide bonds. The van der Waals surface area contributed by atoms with Gasteiger partial charge in [0, 0.05) is 24.0 Å². The quantitative estimate of drug-likeness (QED) is 0.651.